The van der Waals surface area contributed by atoms with Crippen LogP contribution < -0.4 is 4.72 Å². The molecule has 0 aliphatic carbocycles. The van der Waals surface area contributed by atoms with Crippen LogP contribution in [0, 0.1) is 6.92 Å². The van der Waals surface area contributed by atoms with Crippen molar-refractivity contribution in [2.24, 2.45) is 0 Å². The van der Waals surface area contributed by atoms with E-state index in [9.17, 15) is 18.3 Å². The summed E-state index contributed by atoms with van der Waals surface area (Å²) in [6, 6.07) is 14.0. The molecule has 0 atom stereocenters. The summed E-state index contributed by atoms with van der Waals surface area (Å²) < 4.78 is 28.1. The Bertz CT molecular complexity index is 905. The molecule has 1 saturated heterocycles. The van der Waals surface area contributed by atoms with Gasteiger partial charge in [0.1, 0.15) is 0 Å². The predicted molar refractivity (Wildman–Crippen MR) is 103 cm³/mol. The molecule has 3 rings (SSSR count). The van der Waals surface area contributed by atoms with Crippen LogP contribution in [-0.4, -0.2) is 43.5 Å². The molecule has 27 heavy (non-hydrogen) atoms. The Labute approximate surface area is 159 Å². The molecule has 0 aromatic heterocycles. The summed E-state index contributed by atoms with van der Waals surface area (Å²) in [7, 11) is -3.75. The Hall–Kier alpha value is -2.22. The van der Waals surface area contributed by atoms with Gasteiger partial charge in [-0.25, -0.2) is 13.1 Å². The van der Waals surface area contributed by atoms with Gasteiger partial charge in [-0.3, -0.25) is 4.79 Å². The molecule has 0 bridgehead atoms. The van der Waals surface area contributed by atoms with Gasteiger partial charge in [-0.2, -0.15) is 0 Å². The number of aryl methyl sites for hydroxylation is 1. The van der Waals surface area contributed by atoms with E-state index in [2.05, 4.69) is 4.72 Å². The van der Waals surface area contributed by atoms with Crippen LogP contribution in [0.25, 0.3) is 0 Å². The van der Waals surface area contributed by atoms with Crippen molar-refractivity contribution in [2.45, 2.75) is 37.3 Å². The molecule has 1 aliphatic heterocycles. The highest BCUT2D eigenvalue weighted by Gasteiger charge is 2.24. The zero-order valence-electron chi connectivity index (χ0n) is 15.3. The molecule has 0 unspecified atom stereocenters. The summed E-state index contributed by atoms with van der Waals surface area (Å²) in [5.74, 6) is -0.207. The number of aliphatic hydroxyl groups excluding tert-OH is 1. The van der Waals surface area contributed by atoms with Gasteiger partial charge in [-0.1, -0.05) is 36.4 Å². The molecule has 1 aliphatic rings. The van der Waals surface area contributed by atoms with Crippen LogP contribution in [0.3, 0.4) is 0 Å². The lowest BCUT2D eigenvalue weighted by atomic mass is 10.1. The van der Waals surface area contributed by atoms with Gasteiger partial charge in [-0.05, 0) is 43.0 Å². The van der Waals surface area contributed by atoms with Gasteiger partial charge in [0.05, 0.1) is 11.0 Å². The third-order valence-electron chi connectivity index (χ3n) is 4.79. The van der Waals surface area contributed by atoms with E-state index in [-0.39, 0.29) is 23.5 Å². The molecule has 1 heterocycles. The van der Waals surface area contributed by atoms with Crippen molar-refractivity contribution in [3.05, 3.63) is 65.2 Å². The van der Waals surface area contributed by atoms with E-state index in [0.29, 0.717) is 37.1 Å². The summed E-state index contributed by atoms with van der Waals surface area (Å²) in [5.41, 5.74) is 1.79. The van der Waals surface area contributed by atoms with E-state index in [1.807, 2.05) is 30.3 Å². The number of rotatable bonds is 5. The van der Waals surface area contributed by atoms with E-state index < -0.39 is 10.0 Å². The molecule has 2 aromatic rings. The van der Waals surface area contributed by atoms with E-state index in [1.165, 1.54) is 6.07 Å². The first-order valence-electron chi connectivity index (χ1n) is 8.98. The van der Waals surface area contributed by atoms with E-state index in [4.69, 9.17) is 0 Å². The molecule has 144 valence electrons. The van der Waals surface area contributed by atoms with Crippen LogP contribution in [0.4, 0.5) is 0 Å². The lowest BCUT2D eigenvalue weighted by Crippen LogP contribution is -2.40. The summed E-state index contributed by atoms with van der Waals surface area (Å²) in [4.78, 5) is 14.5. The number of carbonyl (C=O) groups excluding carboxylic acids is 1. The average Bonchev–Trinajstić information content (AvgIpc) is 2.67. The first-order valence-corrected chi connectivity index (χ1v) is 10.5. The van der Waals surface area contributed by atoms with Crippen LogP contribution in [0.5, 0.6) is 0 Å². The summed E-state index contributed by atoms with van der Waals surface area (Å²) in [6.45, 7) is 2.85. The van der Waals surface area contributed by atoms with Crippen molar-refractivity contribution in [3.8, 4) is 0 Å². The zero-order chi connectivity index (χ0) is 19.4. The third-order valence-corrected chi connectivity index (χ3v) is 6.33. The monoisotopic (exact) mass is 388 g/mol. The highest BCUT2D eigenvalue weighted by atomic mass is 32.2. The van der Waals surface area contributed by atoms with Gasteiger partial charge in [0.25, 0.3) is 5.91 Å². The Balaban J connectivity index is 1.79. The van der Waals surface area contributed by atoms with Crippen LogP contribution in [0.15, 0.2) is 53.4 Å². The Morgan fingerprint density at radius 1 is 1.15 bits per heavy atom. The number of aliphatic hydroxyl groups is 1. The van der Waals surface area contributed by atoms with E-state index in [1.54, 1.807) is 24.0 Å². The van der Waals surface area contributed by atoms with E-state index >= 15 is 0 Å². The van der Waals surface area contributed by atoms with Gasteiger partial charge in [0.15, 0.2) is 0 Å². The largest absolute Gasteiger partial charge is 0.393 e. The SMILES string of the molecule is Cc1ccc(C(=O)N2CCC(O)CC2)cc1S(=O)(=O)NCc1ccccc1. The second-order valence-electron chi connectivity index (χ2n) is 6.81. The molecular weight excluding hydrogens is 364 g/mol. The number of nitrogens with zero attached hydrogens (tertiary/aromatic N) is 1. The number of benzene rings is 2. The van der Waals surface area contributed by atoms with E-state index in [0.717, 1.165) is 5.56 Å². The fraction of sp³-hybridized carbons (Fsp3) is 0.350. The number of sulfonamides is 1. The summed E-state index contributed by atoms with van der Waals surface area (Å²) in [6.07, 6.45) is 0.716. The summed E-state index contributed by atoms with van der Waals surface area (Å²) >= 11 is 0. The van der Waals surface area contributed by atoms with Crippen LogP contribution in [0.1, 0.15) is 34.3 Å². The molecule has 6 nitrogen and oxygen atoms in total. The highest BCUT2D eigenvalue weighted by Crippen LogP contribution is 2.20. The molecule has 0 saturated carbocycles. The number of piperidine rings is 1. The molecule has 2 aromatic carbocycles. The maximum atomic E-state index is 12.8. The molecule has 1 fully saturated rings. The minimum Gasteiger partial charge on any atom is -0.393 e. The van der Waals surface area contributed by atoms with Gasteiger partial charge < -0.3 is 10.0 Å². The Morgan fingerprint density at radius 2 is 1.81 bits per heavy atom. The minimum atomic E-state index is -3.75. The maximum absolute atomic E-state index is 12.8. The van der Waals surface area contributed by atoms with Gasteiger partial charge in [-0.15, -0.1) is 0 Å². The number of amides is 1. The summed E-state index contributed by atoms with van der Waals surface area (Å²) in [5, 5.41) is 9.59. The second-order valence-corrected chi connectivity index (χ2v) is 8.55. The normalized spacial score (nSPS) is 15.7. The van der Waals surface area contributed by atoms with Gasteiger partial charge in [0, 0.05) is 25.2 Å². The number of carbonyl (C=O) groups is 1. The van der Waals surface area contributed by atoms with Crippen molar-refractivity contribution in [3.63, 3.8) is 0 Å². The van der Waals surface area contributed by atoms with Crippen molar-refractivity contribution < 1.29 is 18.3 Å². The molecular formula is C20H24N2O4S. The predicted octanol–water partition coefficient (Wildman–Crippen LogP) is 2.07. The highest BCUT2D eigenvalue weighted by molar-refractivity contribution is 7.89. The molecule has 7 heteroatoms. The topological polar surface area (TPSA) is 86.7 Å². The van der Waals surface area contributed by atoms with Crippen LogP contribution in [-0.2, 0) is 16.6 Å². The number of likely N-dealkylation sites (tertiary alicyclic amines) is 1. The molecule has 0 spiro atoms. The number of hydrogen-bond donors (Lipinski definition) is 2. The Kier molecular flexibility index (Phi) is 5.94. The fourth-order valence-electron chi connectivity index (χ4n) is 3.13. The quantitative estimate of drug-likeness (QED) is 0.821. The van der Waals surface area contributed by atoms with Crippen LogP contribution >= 0.6 is 0 Å². The van der Waals surface area contributed by atoms with Gasteiger partial charge in [0.2, 0.25) is 10.0 Å². The smallest absolute Gasteiger partial charge is 0.253 e. The first-order chi connectivity index (χ1) is 12.9. The minimum absolute atomic E-state index is 0.112. The second kappa shape index (κ2) is 8.21. The molecule has 0 radical (unpaired) electrons. The number of nitrogens with one attached hydrogen (secondary N) is 1. The third kappa shape index (κ3) is 4.74. The molecule has 2 N–H and O–H groups in total. The Morgan fingerprint density at radius 3 is 2.48 bits per heavy atom. The average molecular weight is 388 g/mol. The fourth-order valence-corrected chi connectivity index (χ4v) is 4.41. The molecule has 1 amide bonds. The van der Waals surface area contributed by atoms with Gasteiger partial charge >= 0.3 is 0 Å². The van der Waals surface area contributed by atoms with Crippen molar-refractivity contribution >= 4 is 15.9 Å². The maximum Gasteiger partial charge on any atom is 0.253 e. The van der Waals surface area contributed by atoms with Crippen LogP contribution in [0.2, 0.25) is 0 Å². The van der Waals surface area contributed by atoms with Crippen molar-refractivity contribution in [1.82, 2.24) is 9.62 Å². The lowest BCUT2D eigenvalue weighted by Gasteiger charge is -2.29. The standard InChI is InChI=1S/C20H24N2O4S/c1-15-7-8-17(20(24)22-11-9-18(23)10-12-22)13-19(15)27(25,26)21-14-16-5-3-2-4-6-16/h2-8,13,18,21,23H,9-12,14H2,1H3. The lowest BCUT2D eigenvalue weighted by molar-refractivity contribution is 0.0546. The number of hydrogen-bond acceptors (Lipinski definition) is 4. The first kappa shape index (κ1) is 19.5. The van der Waals surface area contributed by atoms with Crippen molar-refractivity contribution in [2.75, 3.05) is 13.1 Å². The zero-order valence-corrected chi connectivity index (χ0v) is 16.1. The van der Waals surface area contributed by atoms with Crippen molar-refractivity contribution in [1.29, 1.82) is 0 Å².